The highest BCUT2D eigenvalue weighted by Gasteiger charge is 2.15. The van der Waals surface area contributed by atoms with Crippen molar-refractivity contribution in [2.45, 2.75) is 26.2 Å². The molecule has 0 unspecified atom stereocenters. The average molecular weight is 419 g/mol. The first-order valence-electron chi connectivity index (χ1n) is 9.63. The first-order chi connectivity index (χ1) is 14.2. The van der Waals surface area contributed by atoms with Crippen molar-refractivity contribution in [2.75, 3.05) is 0 Å². The third kappa shape index (κ3) is 5.68. The molecule has 3 aromatic rings. The topological polar surface area (TPSA) is 43.4 Å². The van der Waals surface area contributed by atoms with Gasteiger partial charge in [0.05, 0.1) is 5.56 Å². The van der Waals surface area contributed by atoms with Crippen molar-refractivity contribution in [3.63, 3.8) is 0 Å². The second-order valence-corrected chi connectivity index (χ2v) is 8.43. The molecule has 152 valence electrons. The summed E-state index contributed by atoms with van der Waals surface area (Å²) in [5.41, 5.74) is 2.97. The number of hydrogen-bond donors (Lipinski definition) is 0. The monoisotopic (exact) mass is 418 g/mol. The summed E-state index contributed by atoms with van der Waals surface area (Å²) < 4.78 is 5.50. The Balaban J connectivity index is 1.68. The quantitative estimate of drug-likeness (QED) is 0.199. The molecule has 0 aliphatic rings. The van der Waals surface area contributed by atoms with Crippen LogP contribution in [0.2, 0.25) is 5.02 Å². The van der Waals surface area contributed by atoms with Gasteiger partial charge in [0.2, 0.25) is 0 Å². The second kappa shape index (κ2) is 9.10. The first kappa shape index (κ1) is 21.5. The van der Waals surface area contributed by atoms with Gasteiger partial charge in [0, 0.05) is 10.6 Å². The molecule has 0 N–H and O–H groups in total. The molecule has 0 saturated carbocycles. The van der Waals surface area contributed by atoms with Gasteiger partial charge >= 0.3 is 5.97 Å². The number of allylic oxidation sites excluding steroid dienone is 1. The van der Waals surface area contributed by atoms with E-state index >= 15 is 0 Å². The number of benzene rings is 3. The molecule has 30 heavy (non-hydrogen) atoms. The lowest BCUT2D eigenvalue weighted by Crippen LogP contribution is -2.12. The van der Waals surface area contributed by atoms with E-state index < -0.39 is 5.97 Å². The molecule has 0 heterocycles. The SMILES string of the molecule is CC(C)(C)c1ccc(C(=O)Oc2cccc(C=CC(=O)c3ccc(Cl)cc3)c2)cc1. The number of hydrogen-bond acceptors (Lipinski definition) is 3. The maximum absolute atomic E-state index is 12.5. The Kier molecular flexibility index (Phi) is 6.53. The fraction of sp³-hybridized carbons (Fsp3) is 0.154. The minimum absolute atomic E-state index is 0.0204. The summed E-state index contributed by atoms with van der Waals surface area (Å²) in [4.78, 5) is 24.7. The third-order valence-corrected chi connectivity index (χ3v) is 4.86. The molecule has 0 aliphatic heterocycles. The zero-order chi connectivity index (χ0) is 21.7. The van der Waals surface area contributed by atoms with Gasteiger partial charge in [-0.3, -0.25) is 4.79 Å². The molecular weight excluding hydrogens is 396 g/mol. The summed E-state index contributed by atoms with van der Waals surface area (Å²) >= 11 is 5.85. The van der Waals surface area contributed by atoms with Crippen molar-refractivity contribution in [3.8, 4) is 5.75 Å². The molecule has 0 aliphatic carbocycles. The summed E-state index contributed by atoms with van der Waals surface area (Å²) in [6.45, 7) is 6.37. The van der Waals surface area contributed by atoms with Crippen LogP contribution in [0.25, 0.3) is 6.08 Å². The van der Waals surface area contributed by atoms with E-state index in [0.717, 1.165) is 11.1 Å². The Morgan fingerprint density at radius 2 is 1.50 bits per heavy atom. The summed E-state index contributed by atoms with van der Waals surface area (Å²) in [6.07, 6.45) is 3.17. The van der Waals surface area contributed by atoms with Gasteiger partial charge in [0.15, 0.2) is 5.78 Å². The van der Waals surface area contributed by atoms with E-state index in [1.165, 1.54) is 6.08 Å². The largest absolute Gasteiger partial charge is 0.423 e. The third-order valence-electron chi connectivity index (χ3n) is 4.61. The Labute approximate surface area is 182 Å². The van der Waals surface area contributed by atoms with E-state index in [9.17, 15) is 9.59 Å². The second-order valence-electron chi connectivity index (χ2n) is 7.99. The van der Waals surface area contributed by atoms with Crippen molar-refractivity contribution in [1.82, 2.24) is 0 Å². The van der Waals surface area contributed by atoms with Crippen LogP contribution in [0.5, 0.6) is 5.75 Å². The zero-order valence-electron chi connectivity index (χ0n) is 17.2. The van der Waals surface area contributed by atoms with Crippen LogP contribution in [0.15, 0.2) is 78.9 Å². The molecule has 0 fully saturated rings. The molecule has 0 amide bonds. The summed E-state index contributed by atoms with van der Waals surface area (Å²) in [5, 5.41) is 0.582. The zero-order valence-corrected chi connectivity index (χ0v) is 17.9. The lowest BCUT2D eigenvalue weighted by Gasteiger charge is -2.18. The molecule has 0 saturated heterocycles. The van der Waals surface area contributed by atoms with Gasteiger partial charge in [0.1, 0.15) is 5.75 Å². The lowest BCUT2D eigenvalue weighted by atomic mass is 9.87. The highest BCUT2D eigenvalue weighted by Crippen LogP contribution is 2.23. The molecule has 0 radical (unpaired) electrons. The predicted octanol–water partition coefficient (Wildman–Crippen LogP) is 6.75. The van der Waals surface area contributed by atoms with Crippen LogP contribution >= 0.6 is 11.6 Å². The smallest absolute Gasteiger partial charge is 0.343 e. The van der Waals surface area contributed by atoms with Crippen molar-refractivity contribution < 1.29 is 14.3 Å². The van der Waals surface area contributed by atoms with E-state index in [4.69, 9.17) is 16.3 Å². The van der Waals surface area contributed by atoms with Gasteiger partial charge in [0.25, 0.3) is 0 Å². The van der Waals surface area contributed by atoms with Crippen LogP contribution in [0, 0.1) is 0 Å². The number of carbonyl (C=O) groups is 2. The van der Waals surface area contributed by atoms with Gasteiger partial charge in [-0.2, -0.15) is 0 Å². The van der Waals surface area contributed by atoms with Crippen LogP contribution in [-0.2, 0) is 5.41 Å². The van der Waals surface area contributed by atoms with Gasteiger partial charge in [-0.15, -0.1) is 0 Å². The summed E-state index contributed by atoms with van der Waals surface area (Å²) in [5.74, 6) is -0.136. The number of esters is 1. The molecule has 0 bridgehead atoms. The molecule has 3 aromatic carbocycles. The van der Waals surface area contributed by atoms with Crippen molar-refractivity contribution in [3.05, 3.63) is 106 Å². The fourth-order valence-electron chi connectivity index (χ4n) is 2.84. The molecule has 3 rings (SSSR count). The van der Waals surface area contributed by atoms with Crippen molar-refractivity contribution in [2.24, 2.45) is 0 Å². The highest BCUT2D eigenvalue weighted by atomic mass is 35.5. The number of ether oxygens (including phenoxy) is 1. The van der Waals surface area contributed by atoms with Crippen LogP contribution in [0.1, 0.15) is 52.6 Å². The highest BCUT2D eigenvalue weighted by molar-refractivity contribution is 6.30. The minimum atomic E-state index is -0.422. The molecule has 3 nitrogen and oxygen atoms in total. The van der Waals surface area contributed by atoms with E-state index in [-0.39, 0.29) is 11.2 Å². The summed E-state index contributed by atoms with van der Waals surface area (Å²) in [7, 11) is 0. The van der Waals surface area contributed by atoms with Gasteiger partial charge in [-0.1, -0.05) is 62.7 Å². The van der Waals surface area contributed by atoms with Gasteiger partial charge in [-0.25, -0.2) is 4.79 Å². The average Bonchev–Trinajstić information content (AvgIpc) is 2.72. The number of carbonyl (C=O) groups excluding carboxylic acids is 2. The van der Waals surface area contributed by atoms with Crippen LogP contribution < -0.4 is 4.74 Å². The molecular formula is C26H23ClO3. The van der Waals surface area contributed by atoms with Crippen LogP contribution in [0.3, 0.4) is 0 Å². The Hall–Kier alpha value is -3.17. The van der Waals surface area contributed by atoms with Crippen LogP contribution in [-0.4, -0.2) is 11.8 Å². The maximum Gasteiger partial charge on any atom is 0.343 e. The lowest BCUT2D eigenvalue weighted by molar-refractivity contribution is 0.0734. The maximum atomic E-state index is 12.5. The number of rotatable bonds is 5. The normalized spacial score (nSPS) is 11.5. The Bertz CT molecular complexity index is 1070. The Morgan fingerprint density at radius 1 is 0.867 bits per heavy atom. The number of ketones is 1. The Morgan fingerprint density at radius 3 is 2.13 bits per heavy atom. The predicted molar refractivity (Wildman–Crippen MR) is 121 cm³/mol. The van der Waals surface area contributed by atoms with E-state index in [1.807, 2.05) is 18.2 Å². The molecule has 0 spiro atoms. The molecule has 0 atom stereocenters. The van der Waals surface area contributed by atoms with E-state index in [0.29, 0.717) is 21.9 Å². The number of halogens is 1. The fourth-order valence-corrected chi connectivity index (χ4v) is 2.96. The first-order valence-corrected chi connectivity index (χ1v) is 10.0. The van der Waals surface area contributed by atoms with E-state index in [2.05, 4.69) is 20.8 Å². The van der Waals surface area contributed by atoms with Gasteiger partial charge < -0.3 is 4.74 Å². The molecule has 4 heteroatoms. The minimum Gasteiger partial charge on any atom is -0.423 e. The van der Waals surface area contributed by atoms with E-state index in [1.54, 1.807) is 60.7 Å². The van der Waals surface area contributed by atoms with Crippen molar-refractivity contribution in [1.29, 1.82) is 0 Å². The molecule has 0 aromatic heterocycles. The van der Waals surface area contributed by atoms with Crippen LogP contribution in [0.4, 0.5) is 0 Å². The summed E-state index contributed by atoms with van der Waals surface area (Å²) in [6, 6.07) is 21.2. The van der Waals surface area contributed by atoms with Crippen molar-refractivity contribution >= 4 is 29.4 Å². The standard InChI is InChI=1S/C26H23ClO3/c1-26(2,3)21-12-8-20(9-13-21)25(29)30-23-6-4-5-18(17-23)7-16-24(28)19-10-14-22(27)15-11-19/h4-17H,1-3H3. The van der Waals surface area contributed by atoms with Gasteiger partial charge in [-0.05, 0) is 71.1 Å².